The van der Waals surface area contributed by atoms with Gasteiger partial charge in [0.1, 0.15) is 16.4 Å². The molecule has 0 spiro atoms. The van der Waals surface area contributed by atoms with Crippen LogP contribution in [0.1, 0.15) is 52.6 Å². The van der Waals surface area contributed by atoms with Gasteiger partial charge in [0, 0.05) is 18.2 Å². The van der Waals surface area contributed by atoms with Gasteiger partial charge in [-0.25, -0.2) is 13.1 Å². The molecule has 0 aliphatic heterocycles. The van der Waals surface area contributed by atoms with E-state index < -0.39 is 10.0 Å². The lowest BCUT2D eigenvalue weighted by atomic mass is 10.0. The first-order chi connectivity index (χ1) is 9.67. The summed E-state index contributed by atoms with van der Waals surface area (Å²) in [7, 11) is -3.54. The van der Waals surface area contributed by atoms with Gasteiger partial charge in [-0.2, -0.15) is 0 Å². The molecule has 0 aliphatic carbocycles. The third kappa shape index (κ3) is 5.13. The van der Waals surface area contributed by atoms with E-state index in [1.165, 1.54) is 0 Å². The molecule has 0 aliphatic rings. The maximum absolute atomic E-state index is 12.5. The summed E-state index contributed by atoms with van der Waals surface area (Å²) in [6, 6.07) is 1.86. The lowest BCUT2D eigenvalue weighted by Crippen LogP contribution is -2.38. The van der Waals surface area contributed by atoms with Crippen molar-refractivity contribution in [2.45, 2.75) is 71.5 Å². The van der Waals surface area contributed by atoms with Crippen LogP contribution in [0.3, 0.4) is 0 Å². The molecule has 1 atom stereocenters. The molecule has 1 aromatic rings. The molecule has 21 heavy (non-hydrogen) atoms. The van der Waals surface area contributed by atoms with Crippen LogP contribution >= 0.6 is 0 Å². The van der Waals surface area contributed by atoms with Crippen LogP contribution in [-0.4, -0.2) is 20.5 Å². The van der Waals surface area contributed by atoms with E-state index in [-0.39, 0.29) is 16.9 Å². The van der Waals surface area contributed by atoms with Crippen molar-refractivity contribution in [2.75, 3.05) is 0 Å². The molecule has 5 nitrogen and oxygen atoms in total. The van der Waals surface area contributed by atoms with Crippen molar-refractivity contribution in [1.29, 1.82) is 0 Å². The Morgan fingerprint density at radius 1 is 1.24 bits per heavy atom. The van der Waals surface area contributed by atoms with Gasteiger partial charge in [-0.3, -0.25) is 0 Å². The zero-order valence-corrected chi connectivity index (χ0v) is 14.7. The summed E-state index contributed by atoms with van der Waals surface area (Å²) in [5.41, 5.74) is 0. The zero-order chi connectivity index (χ0) is 16.2. The zero-order valence-electron chi connectivity index (χ0n) is 13.9. The molecule has 0 bridgehead atoms. The summed E-state index contributed by atoms with van der Waals surface area (Å²) in [6.45, 7) is 12.3. The smallest absolute Gasteiger partial charge is 0.244 e. The minimum atomic E-state index is -3.54. The second-order valence-electron chi connectivity index (χ2n) is 6.05. The van der Waals surface area contributed by atoms with Crippen molar-refractivity contribution in [3.05, 3.63) is 17.6 Å². The molecule has 6 heteroatoms. The highest BCUT2D eigenvalue weighted by Crippen LogP contribution is 2.21. The summed E-state index contributed by atoms with van der Waals surface area (Å²) in [6.07, 6.45) is 0.759. The molecule has 1 rings (SSSR count). The van der Waals surface area contributed by atoms with Gasteiger partial charge in [-0.05, 0) is 19.3 Å². The van der Waals surface area contributed by atoms with Crippen LogP contribution in [0.25, 0.3) is 0 Å². The third-order valence-corrected chi connectivity index (χ3v) is 5.05. The predicted octanol–water partition coefficient (Wildman–Crippen LogP) is 2.80. The fraction of sp³-hybridized carbons (Fsp3) is 0.733. The van der Waals surface area contributed by atoms with Gasteiger partial charge in [0.05, 0.1) is 6.54 Å². The van der Waals surface area contributed by atoms with E-state index in [0.29, 0.717) is 24.1 Å². The summed E-state index contributed by atoms with van der Waals surface area (Å²) in [5, 5.41) is 3.21. The molecule has 1 aromatic heterocycles. The Morgan fingerprint density at radius 3 is 2.33 bits per heavy atom. The summed E-state index contributed by atoms with van der Waals surface area (Å²) in [4.78, 5) is 0.238. The normalized spacial score (nSPS) is 14.1. The third-order valence-electron chi connectivity index (χ3n) is 3.45. The van der Waals surface area contributed by atoms with E-state index >= 15 is 0 Å². The standard InChI is InChI=1S/C15H28N2O3S/c1-7-14(10(2)3)17-21(18,19)15-8-13(20-12(15)6)9-16-11(4)5/h8,10-11,14,16-17H,7,9H2,1-6H3. The molecule has 0 amide bonds. The van der Waals surface area contributed by atoms with E-state index in [2.05, 4.69) is 10.0 Å². The fourth-order valence-corrected chi connectivity index (χ4v) is 3.81. The predicted molar refractivity (Wildman–Crippen MR) is 84.7 cm³/mol. The largest absolute Gasteiger partial charge is 0.464 e. The first-order valence-corrected chi connectivity index (χ1v) is 9.00. The number of sulfonamides is 1. The van der Waals surface area contributed by atoms with Gasteiger partial charge < -0.3 is 9.73 Å². The van der Waals surface area contributed by atoms with Gasteiger partial charge in [0.15, 0.2) is 0 Å². The number of rotatable bonds is 8. The molecule has 0 fully saturated rings. The van der Waals surface area contributed by atoms with Crippen molar-refractivity contribution < 1.29 is 12.8 Å². The van der Waals surface area contributed by atoms with E-state index in [9.17, 15) is 8.42 Å². The average Bonchev–Trinajstić information content (AvgIpc) is 2.75. The highest BCUT2D eigenvalue weighted by molar-refractivity contribution is 7.89. The maximum Gasteiger partial charge on any atom is 0.244 e. The van der Waals surface area contributed by atoms with Gasteiger partial charge in [-0.15, -0.1) is 0 Å². The topological polar surface area (TPSA) is 71.3 Å². The average molecular weight is 316 g/mol. The number of hydrogen-bond acceptors (Lipinski definition) is 4. The lowest BCUT2D eigenvalue weighted by molar-refractivity contribution is 0.433. The Kier molecular flexibility index (Phi) is 6.43. The van der Waals surface area contributed by atoms with Crippen LogP contribution in [0.15, 0.2) is 15.4 Å². The molecular weight excluding hydrogens is 288 g/mol. The molecular formula is C15H28N2O3S. The van der Waals surface area contributed by atoms with Crippen LogP contribution in [0, 0.1) is 12.8 Å². The monoisotopic (exact) mass is 316 g/mol. The van der Waals surface area contributed by atoms with Crippen LogP contribution in [0.5, 0.6) is 0 Å². The number of hydrogen-bond donors (Lipinski definition) is 2. The fourth-order valence-electron chi connectivity index (χ4n) is 2.14. The van der Waals surface area contributed by atoms with Gasteiger partial charge in [0.2, 0.25) is 10.0 Å². The van der Waals surface area contributed by atoms with E-state index in [0.717, 1.165) is 6.42 Å². The van der Waals surface area contributed by atoms with E-state index in [1.54, 1.807) is 13.0 Å². The van der Waals surface area contributed by atoms with Crippen LogP contribution < -0.4 is 10.0 Å². The highest BCUT2D eigenvalue weighted by atomic mass is 32.2. The van der Waals surface area contributed by atoms with Crippen LogP contribution in [-0.2, 0) is 16.6 Å². The summed E-state index contributed by atoms with van der Waals surface area (Å²) < 4.78 is 33.3. The van der Waals surface area contributed by atoms with Gasteiger partial charge in [0.25, 0.3) is 0 Å². The first-order valence-electron chi connectivity index (χ1n) is 7.52. The highest BCUT2D eigenvalue weighted by Gasteiger charge is 2.25. The van der Waals surface area contributed by atoms with Crippen LogP contribution in [0.4, 0.5) is 0 Å². The SMILES string of the molecule is CCC(NS(=O)(=O)c1cc(CNC(C)C)oc1C)C(C)C. The van der Waals surface area contributed by atoms with Crippen molar-refractivity contribution in [2.24, 2.45) is 5.92 Å². The maximum atomic E-state index is 12.5. The van der Waals surface area contributed by atoms with E-state index in [4.69, 9.17) is 4.42 Å². The Labute approximate surface area is 128 Å². The molecule has 1 heterocycles. The first kappa shape index (κ1) is 18.2. The number of furan rings is 1. The Hall–Kier alpha value is -0.850. The Bertz CT molecular complexity index is 547. The van der Waals surface area contributed by atoms with Crippen molar-refractivity contribution >= 4 is 10.0 Å². The van der Waals surface area contributed by atoms with E-state index in [1.807, 2.05) is 34.6 Å². The van der Waals surface area contributed by atoms with Crippen molar-refractivity contribution in [1.82, 2.24) is 10.0 Å². The van der Waals surface area contributed by atoms with Gasteiger partial charge >= 0.3 is 0 Å². The summed E-state index contributed by atoms with van der Waals surface area (Å²) in [5.74, 6) is 1.32. The molecule has 1 unspecified atom stereocenters. The molecule has 2 N–H and O–H groups in total. The van der Waals surface area contributed by atoms with Gasteiger partial charge in [-0.1, -0.05) is 34.6 Å². The second-order valence-corrected chi connectivity index (χ2v) is 7.73. The molecule has 0 aromatic carbocycles. The quantitative estimate of drug-likeness (QED) is 0.773. The van der Waals surface area contributed by atoms with Crippen molar-refractivity contribution in [3.8, 4) is 0 Å². The Balaban J connectivity index is 2.93. The van der Waals surface area contributed by atoms with Crippen LogP contribution in [0.2, 0.25) is 0 Å². The minimum absolute atomic E-state index is 0.0680. The Morgan fingerprint density at radius 2 is 1.86 bits per heavy atom. The minimum Gasteiger partial charge on any atom is -0.464 e. The number of aryl methyl sites for hydroxylation is 1. The molecule has 0 saturated carbocycles. The number of nitrogens with one attached hydrogen (secondary N) is 2. The molecule has 0 saturated heterocycles. The summed E-state index contributed by atoms with van der Waals surface area (Å²) >= 11 is 0. The lowest BCUT2D eigenvalue weighted by Gasteiger charge is -2.20. The van der Waals surface area contributed by atoms with Crippen molar-refractivity contribution in [3.63, 3.8) is 0 Å². The molecule has 0 radical (unpaired) electrons. The second kappa shape index (κ2) is 7.42. The molecule has 122 valence electrons.